The molecule has 1 aromatic carbocycles. The first kappa shape index (κ1) is 12.8. The van der Waals surface area contributed by atoms with E-state index < -0.39 is 0 Å². The van der Waals surface area contributed by atoms with Gasteiger partial charge in [-0.15, -0.1) is 0 Å². The fourth-order valence-electron chi connectivity index (χ4n) is 2.21. The molecule has 0 spiro atoms. The minimum absolute atomic E-state index is 0.411. The van der Waals surface area contributed by atoms with E-state index in [2.05, 4.69) is 62.1 Å². The normalized spacial score (nSPS) is 23.4. The van der Waals surface area contributed by atoms with Crippen LogP contribution in [-0.4, -0.2) is 17.5 Å². The fourth-order valence-corrected chi connectivity index (χ4v) is 3.82. The van der Waals surface area contributed by atoms with Crippen molar-refractivity contribution in [2.24, 2.45) is 5.41 Å². The maximum Gasteiger partial charge on any atom is 0.0403 e. The van der Waals surface area contributed by atoms with Gasteiger partial charge >= 0.3 is 0 Å². The first-order chi connectivity index (χ1) is 8.12. The van der Waals surface area contributed by atoms with Gasteiger partial charge in [-0.25, -0.2) is 0 Å². The monoisotopic (exact) mass is 249 g/mol. The fraction of sp³-hybridized carbons (Fsp3) is 0.600. The predicted molar refractivity (Wildman–Crippen MR) is 79.0 cm³/mol. The Morgan fingerprint density at radius 2 is 2.00 bits per heavy atom. The largest absolute Gasteiger partial charge is 0.381 e. The van der Waals surface area contributed by atoms with E-state index in [1.54, 1.807) is 0 Å². The molecule has 1 aliphatic rings. The van der Waals surface area contributed by atoms with Gasteiger partial charge in [-0.2, -0.15) is 11.8 Å². The molecule has 1 N–H and O–H groups in total. The molecular formula is C15H23NS. The molecule has 0 saturated carbocycles. The standard InChI is InChI=1S/C15H23NS/c1-4-12-5-7-13(8-6-12)16-14-11-17-10-9-15(14,2)3/h5-8,14,16H,4,9-11H2,1-3H3. The van der Waals surface area contributed by atoms with Crippen LogP contribution in [0, 0.1) is 5.41 Å². The van der Waals surface area contributed by atoms with Crippen LogP contribution < -0.4 is 5.32 Å². The van der Waals surface area contributed by atoms with Crippen LogP contribution in [0.3, 0.4) is 0 Å². The van der Waals surface area contributed by atoms with E-state index >= 15 is 0 Å². The molecule has 17 heavy (non-hydrogen) atoms. The highest BCUT2D eigenvalue weighted by atomic mass is 32.2. The Hall–Kier alpha value is -0.630. The van der Waals surface area contributed by atoms with Gasteiger partial charge in [0.15, 0.2) is 0 Å². The number of benzene rings is 1. The first-order valence-corrected chi connectivity index (χ1v) is 7.70. The van der Waals surface area contributed by atoms with Gasteiger partial charge in [0.05, 0.1) is 0 Å². The second-order valence-electron chi connectivity index (χ2n) is 5.56. The van der Waals surface area contributed by atoms with Gasteiger partial charge in [0.1, 0.15) is 0 Å². The van der Waals surface area contributed by atoms with E-state index in [1.165, 1.54) is 29.2 Å². The Morgan fingerprint density at radius 3 is 2.59 bits per heavy atom. The quantitative estimate of drug-likeness (QED) is 0.862. The van der Waals surface area contributed by atoms with E-state index in [9.17, 15) is 0 Å². The zero-order valence-corrected chi connectivity index (χ0v) is 11.9. The Labute approximate surface area is 109 Å². The van der Waals surface area contributed by atoms with Gasteiger partial charge in [0.2, 0.25) is 0 Å². The van der Waals surface area contributed by atoms with E-state index in [4.69, 9.17) is 0 Å². The molecule has 0 amide bonds. The third kappa shape index (κ3) is 3.19. The molecule has 2 rings (SSSR count). The molecule has 1 aromatic rings. The molecule has 0 aromatic heterocycles. The number of nitrogens with one attached hydrogen (secondary N) is 1. The maximum atomic E-state index is 3.70. The Morgan fingerprint density at radius 1 is 1.29 bits per heavy atom. The van der Waals surface area contributed by atoms with Crippen molar-refractivity contribution in [1.29, 1.82) is 0 Å². The SMILES string of the molecule is CCc1ccc(NC2CSCCC2(C)C)cc1. The van der Waals surface area contributed by atoms with E-state index in [1.807, 2.05) is 0 Å². The zero-order chi connectivity index (χ0) is 12.3. The molecule has 1 heterocycles. The molecule has 0 radical (unpaired) electrons. The Bertz CT molecular complexity index is 356. The summed E-state index contributed by atoms with van der Waals surface area (Å²) in [4.78, 5) is 0. The maximum absolute atomic E-state index is 3.70. The summed E-state index contributed by atoms with van der Waals surface area (Å²) < 4.78 is 0. The van der Waals surface area contributed by atoms with Gasteiger partial charge < -0.3 is 5.32 Å². The summed E-state index contributed by atoms with van der Waals surface area (Å²) in [5.74, 6) is 2.53. The van der Waals surface area contributed by atoms with Crippen molar-refractivity contribution in [3.8, 4) is 0 Å². The van der Waals surface area contributed by atoms with Crippen molar-refractivity contribution in [3.05, 3.63) is 29.8 Å². The lowest BCUT2D eigenvalue weighted by atomic mass is 9.82. The molecule has 0 aliphatic carbocycles. The van der Waals surface area contributed by atoms with Crippen LogP contribution in [0.2, 0.25) is 0 Å². The van der Waals surface area contributed by atoms with Crippen LogP contribution in [0.1, 0.15) is 32.8 Å². The summed E-state index contributed by atoms with van der Waals surface area (Å²) in [6.07, 6.45) is 2.42. The van der Waals surface area contributed by atoms with E-state index in [0.29, 0.717) is 11.5 Å². The summed E-state index contributed by atoms with van der Waals surface area (Å²) in [5.41, 5.74) is 3.09. The average molecular weight is 249 g/mol. The van der Waals surface area contributed by atoms with Gasteiger partial charge in [-0.05, 0) is 41.7 Å². The summed E-state index contributed by atoms with van der Waals surface area (Å²) in [6, 6.07) is 9.48. The van der Waals surface area contributed by atoms with Crippen LogP contribution >= 0.6 is 11.8 Å². The third-order valence-electron chi connectivity index (χ3n) is 3.82. The molecule has 1 unspecified atom stereocenters. The van der Waals surface area contributed by atoms with Crippen molar-refractivity contribution in [1.82, 2.24) is 0 Å². The molecular weight excluding hydrogens is 226 g/mol. The predicted octanol–water partition coefficient (Wildman–Crippen LogP) is 4.19. The number of anilines is 1. The molecule has 1 aliphatic heterocycles. The highest BCUT2D eigenvalue weighted by molar-refractivity contribution is 7.99. The second-order valence-corrected chi connectivity index (χ2v) is 6.71. The van der Waals surface area contributed by atoms with Gasteiger partial charge in [0.25, 0.3) is 0 Å². The van der Waals surface area contributed by atoms with Crippen molar-refractivity contribution >= 4 is 17.4 Å². The average Bonchev–Trinajstić information content (AvgIpc) is 2.33. The number of hydrogen-bond acceptors (Lipinski definition) is 2. The topological polar surface area (TPSA) is 12.0 Å². The van der Waals surface area contributed by atoms with E-state index in [-0.39, 0.29) is 0 Å². The molecule has 1 saturated heterocycles. The molecule has 1 fully saturated rings. The highest BCUT2D eigenvalue weighted by Crippen LogP contribution is 2.35. The lowest BCUT2D eigenvalue weighted by Gasteiger charge is -2.39. The van der Waals surface area contributed by atoms with Crippen LogP contribution in [0.4, 0.5) is 5.69 Å². The molecule has 94 valence electrons. The van der Waals surface area contributed by atoms with Crippen molar-refractivity contribution in [3.63, 3.8) is 0 Å². The highest BCUT2D eigenvalue weighted by Gasteiger charge is 2.32. The van der Waals surface area contributed by atoms with Gasteiger partial charge in [-0.3, -0.25) is 0 Å². The van der Waals surface area contributed by atoms with Crippen LogP contribution in [0.25, 0.3) is 0 Å². The minimum Gasteiger partial charge on any atom is -0.381 e. The van der Waals surface area contributed by atoms with Gasteiger partial charge in [0, 0.05) is 17.5 Å². The zero-order valence-electron chi connectivity index (χ0n) is 11.1. The smallest absolute Gasteiger partial charge is 0.0403 e. The third-order valence-corrected chi connectivity index (χ3v) is 4.88. The number of hydrogen-bond donors (Lipinski definition) is 1. The molecule has 2 heteroatoms. The Kier molecular flexibility index (Phi) is 4.03. The summed E-state index contributed by atoms with van der Waals surface area (Å²) in [6.45, 7) is 6.96. The van der Waals surface area contributed by atoms with Gasteiger partial charge in [-0.1, -0.05) is 32.9 Å². The lowest BCUT2D eigenvalue weighted by Crippen LogP contribution is -2.41. The number of rotatable bonds is 3. The van der Waals surface area contributed by atoms with Crippen LogP contribution in [-0.2, 0) is 6.42 Å². The summed E-state index contributed by atoms with van der Waals surface area (Å²) >= 11 is 2.07. The van der Waals surface area contributed by atoms with Crippen LogP contribution in [0.5, 0.6) is 0 Å². The van der Waals surface area contributed by atoms with Crippen molar-refractivity contribution in [2.75, 3.05) is 16.8 Å². The minimum atomic E-state index is 0.411. The number of aryl methyl sites for hydroxylation is 1. The van der Waals surface area contributed by atoms with Crippen LogP contribution in [0.15, 0.2) is 24.3 Å². The molecule has 1 nitrogen and oxygen atoms in total. The molecule has 0 bridgehead atoms. The lowest BCUT2D eigenvalue weighted by molar-refractivity contribution is 0.305. The van der Waals surface area contributed by atoms with Crippen molar-refractivity contribution in [2.45, 2.75) is 39.7 Å². The van der Waals surface area contributed by atoms with Crippen molar-refractivity contribution < 1.29 is 0 Å². The second kappa shape index (κ2) is 5.34. The number of thioether (sulfide) groups is 1. The summed E-state index contributed by atoms with van der Waals surface area (Å²) in [7, 11) is 0. The molecule has 1 atom stereocenters. The Balaban J connectivity index is 2.03. The summed E-state index contributed by atoms with van der Waals surface area (Å²) in [5, 5.41) is 3.70. The van der Waals surface area contributed by atoms with E-state index in [0.717, 1.165) is 6.42 Å². The first-order valence-electron chi connectivity index (χ1n) is 6.55.